The standard InChI is InChI=1S/C14H19N3O4/c1-21-14(20)10-4-2-3-9-11(13(18)19)16-12(17(9)10)8-5-6-15-7-8/h8,10,15H,2-7H2,1H3,(H,18,19). The SMILES string of the molecule is COC(=O)C1CCCc2c(C(=O)O)nc(C3CCNC3)n21. The van der Waals surface area contributed by atoms with Gasteiger partial charge < -0.3 is 19.7 Å². The second-order valence-electron chi connectivity index (χ2n) is 5.56. The Morgan fingerprint density at radius 2 is 2.24 bits per heavy atom. The Morgan fingerprint density at radius 1 is 1.43 bits per heavy atom. The summed E-state index contributed by atoms with van der Waals surface area (Å²) in [7, 11) is 1.36. The lowest BCUT2D eigenvalue weighted by Gasteiger charge is -2.26. The van der Waals surface area contributed by atoms with Crippen LogP contribution in [0.1, 0.15) is 53.2 Å². The van der Waals surface area contributed by atoms with Crippen LogP contribution in [0.2, 0.25) is 0 Å². The Hall–Kier alpha value is -1.89. The number of aromatic nitrogens is 2. The molecule has 0 aromatic carbocycles. The molecule has 1 aromatic heterocycles. The zero-order valence-electron chi connectivity index (χ0n) is 12.0. The van der Waals surface area contributed by atoms with Crippen molar-refractivity contribution in [1.29, 1.82) is 0 Å². The fourth-order valence-corrected chi connectivity index (χ4v) is 3.36. The first-order chi connectivity index (χ1) is 10.1. The summed E-state index contributed by atoms with van der Waals surface area (Å²) in [5, 5.41) is 12.6. The van der Waals surface area contributed by atoms with Crippen LogP contribution in [0.25, 0.3) is 0 Å². The number of nitrogens with one attached hydrogen (secondary N) is 1. The predicted molar refractivity (Wildman–Crippen MR) is 73.4 cm³/mol. The molecule has 3 rings (SSSR count). The van der Waals surface area contributed by atoms with E-state index in [4.69, 9.17) is 4.74 Å². The van der Waals surface area contributed by atoms with Gasteiger partial charge in [0.1, 0.15) is 11.9 Å². The van der Waals surface area contributed by atoms with Gasteiger partial charge in [-0.3, -0.25) is 0 Å². The Morgan fingerprint density at radius 3 is 2.86 bits per heavy atom. The van der Waals surface area contributed by atoms with Gasteiger partial charge in [0, 0.05) is 12.5 Å². The second kappa shape index (κ2) is 5.48. The van der Waals surface area contributed by atoms with Crippen molar-refractivity contribution in [2.24, 2.45) is 0 Å². The smallest absolute Gasteiger partial charge is 0.356 e. The topological polar surface area (TPSA) is 93.5 Å². The molecule has 0 aliphatic carbocycles. The number of carbonyl (C=O) groups excluding carboxylic acids is 1. The summed E-state index contributed by atoms with van der Waals surface area (Å²) in [6.07, 6.45) is 2.99. The number of nitrogens with zero attached hydrogens (tertiary/aromatic N) is 2. The van der Waals surface area contributed by atoms with Gasteiger partial charge in [-0.05, 0) is 32.2 Å². The average molecular weight is 293 g/mol. The molecule has 2 atom stereocenters. The number of imidazole rings is 1. The van der Waals surface area contributed by atoms with Crippen LogP contribution in [-0.2, 0) is 16.0 Å². The highest BCUT2D eigenvalue weighted by Crippen LogP contribution is 2.34. The van der Waals surface area contributed by atoms with Crippen molar-refractivity contribution >= 4 is 11.9 Å². The number of carboxylic acid groups (broad SMARTS) is 1. The molecule has 0 spiro atoms. The van der Waals surface area contributed by atoms with Crippen molar-refractivity contribution < 1.29 is 19.4 Å². The Kier molecular flexibility index (Phi) is 3.67. The van der Waals surface area contributed by atoms with Crippen LogP contribution in [-0.4, -0.2) is 46.8 Å². The average Bonchev–Trinajstić information content (AvgIpc) is 3.12. The summed E-state index contributed by atoms with van der Waals surface area (Å²) in [5.41, 5.74) is 0.747. The van der Waals surface area contributed by atoms with Crippen LogP contribution >= 0.6 is 0 Å². The highest BCUT2D eigenvalue weighted by atomic mass is 16.5. The van der Waals surface area contributed by atoms with Crippen molar-refractivity contribution in [1.82, 2.24) is 14.9 Å². The quantitative estimate of drug-likeness (QED) is 0.797. The molecule has 21 heavy (non-hydrogen) atoms. The summed E-state index contributed by atoms with van der Waals surface area (Å²) < 4.78 is 6.71. The first-order valence-corrected chi connectivity index (χ1v) is 7.26. The summed E-state index contributed by atoms with van der Waals surface area (Å²) >= 11 is 0. The van der Waals surface area contributed by atoms with E-state index in [1.54, 1.807) is 0 Å². The van der Waals surface area contributed by atoms with E-state index in [0.717, 1.165) is 25.9 Å². The number of hydrogen-bond acceptors (Lipinski definition) is 5. The summed E-state index contributed by atoms with van der Waals surface area (Å²) in [4.78, 5) is 27.8. The first-order valence-electron chi connectivity index (χ1n) is 7.26. The Labute approximate surface area is 122 Å². The molecule has 7 nitrogen and oxygen atoms in total. The third-order valence-corrected chi connectivity index (χ3v) is 4.34. The van der Waals surface area contributed by atoms with Gasteiger partial charge in [0.05, 0.1) is 12.8 Å². The van der Waals surface area contributed by atoms with Crippen molar-refractivity contribution in [3.63, 3.8) is 0 Å². The summed E-state index contributed by atoms with van der Waals surface area (Å²) in [6.45, 7) is 1.65. The summed E-state index contributed by atoms with van der Waals surface area (Å²) in [6, 6.07) is -0.449. The maximum atomic E-state index is 12.0. The van der Waals surface area contributed by atoms with E-state index >= 15 is 0 Å². The van der Waals surface area contributed by atoms with E-state index in [0.29, 0.717) is 24.4 Å². The summed E-state index contributed by atoms with van der Waals surface area (Å²) in [5.74, 6) is -0.483. The second-order valence-corrected chi connectivity index (χ2v) is 5.56. The zero-order valence-corrected chi connectivity index (χ0v) is 12.0. The number of rotatable bonds is 3. The fraction of sp³-hybridized carbons (Fsp3) is 0.643. The lowest BCUT2D eigenvalue weighted by Crippen LogP contribution is -2.29. The number of carbonyl (C=O) groups is 2. The maximum absolute atomic E-state index is 12.0. The van der Waals surface area contributed by atoms with Gasteiger partial charge >= 0.3 is 11.9 Å². The van der Waals surface area contributed by atoms with Crippen LogP contribution in [0.4, 0.5) is 0 Å². The molecular formula is C14H19N3O4. The van der Waals surface area contributed by atoms with Crippen LogP contribution in [0.5, 0.6) is 0 Å². The van der Waals surface area contributed by atoms with Crippen molar-refractivity contribution in [2.45, 2.75) is 37.6 Å². The van der Waals surface area contributed by atoms with E-state index in [2.05, 4.69) is 10.3 Å². The van der Waals surface area contributed by atoms with Gasteiger partial charge in [-0.2, -0.15) is 0 Å². The molecule has 0 bridgehead atoms. The molecule has 2 unspecified atom stereocenters. The maximum Gasteiger partial charge on any atom is 0.356 e. The van der Waals surface area contributed by atoms with Crippen LogP contribution in [0.3, 0.4) is 0 Å². The fourth-order valence-electron chi connectivity index (χ4n) is 3.36. The molecule has 2 aliphatic rings. The molecule has 0 radical (unpaired) electrons. The minimum atomic E-state index is -1.03. The van der Waals surface area contributed by atoms with E-state index in [9.17, 15) is 14.7 Å². The monoisotopic (exact) mass is 293 g/mol. The van der Waals surface area contributed by atoms with E-state index in [1.807, 2.05) is 4.57 Å². The van der Waals surface area contributed by atoms with Crippen LogP contribution < -0.4 is 5.32 Å². The Balaban J connectivity index is 2.11. The minimum absolute atomic E-state index is 0.0884. The predicted octanol–water partition coefficient (Wildman–Crippen LogP) is 0.709. The number of ether oxygens (including phenoxy) is 1. The van der Waals surface area contributed by atoms with Gasteiger partial charge in [0.15, 0.2) is 5.69 Å². The third-order valence-electron chi connectivity index (χ3n) is 4.34. The van der Waals surface area contributed by atoms with Gasteiger partial charge in [0.25, 0.3) is 0 Å². The molecule has 2 aliphatic heterocycles. The third kappa shape index (κ3) is 2.31. The highest BCUT2D eigenvalue weighted by Gasteiger charge is 2.36. The number of esters is 1. The largest absolute Gasteiger partial charge is 0.476 e. The molecule has 0 amide bonds. The van der Waals surface area contributed by atoms with E-state index in [-0.39, 0.29) is 17.6 Å². The molecule has 3 heterocycles. The molecular weight excluding hydrogens is 274 g/mol. The van der Waals surface area contributed by atoms with Gasteiger partial charge in [-0.25, -0.2) is 14.6 Å². The number of fused-ring (bicyclic) bond motifs is 1. The van der Waals surface area contributed by atoms with Crippen LogP contribution in [0.15, 0.2) is 0 Å². The molecule has 114 valence electrons. The first kappa shape index (κ1) is 14.1. The number of methoxy groups -OCH3 is 1. The zero-order chi connectivity index (χ0) is 15.0. The van der Waals surface area contributed by atoms with Gasteiger partial charge in [-0.1, -0.05) is 0 Å². The lowest BCUT2D eigenvalue weighted by atomic mass is 10.00. The molecule has 1 saturated heterocycles. The molecule has 1 aromatic rings. The number of carboxylic acids is 1. The molecule has 1 fully saturated rings. The Bertz CT molecular complexity index is 575. The lowest BCUT2D eigenvalue weighted by molar-refractivity contribution is -0.145. The van der Waals surface area contributed by atoms with Gasteiger partial charge in [-0.15, -0.1) is 0 Å². The van der Waals surface area contributed by atoms with Crippen molar-refractivity contribution in [3.05, 3.63) is 17.2 Å². The van der Waals surface area contributed by atoms with Crippen molar-refractivity contribution in [2.75, 3.05) is 20.2 Å². The van der Waals surface area contributed by atoms with E-state index in [1.165, 1.54) is 7.11 Å². The van der Waals surface area contributed by atoms with E-state index < -0.39 is 12.0 Å². The normalized spacial score (nSPS) is 24.6. The minimum Gasteiger partial charge on any atom is -0.476 e. The van der Waals surface area contributed by atoms with Crippen molar-refractivity contribution in [3.8, 4) is 0 Å². The number of aromatic carboxylic acids is 1. The van der Waals surface area contributed by atoms with Crippen LogP contribution in [0, 0.1) is 0 Å². The van der Waals surface area contributed by atoms with Gasteiger partial charge in [0.2, 0.25) is 0 Å². The molecule has 2 N–H and O–H groups in total. The molecule has 0 saturated carbocycles. The highest BCUT2D eigenvalue weighted by molar-refractivity contribution is 5.87. The number of hydrogen-bond donors (Lipinski definition) is 2. The molecule has 7 heteroatoms.